The first kappa shape index (κ1) is 12.2. The van der Waals surface area contributed by atoms with Gasteiger partial charge in [-0.1, -0.05) is 12.1 Å². The standard InChI is InChI=1S/C11H12BrFN2/c1-2-3-7-10(15-14)8-5-4-6-9(13)11(8)12/h4-6,10,15H,7,14H2,1H3. The van der Waals surface area contributed by atoms with E-state index in [1.165, 1.54) is 6.07 Å². The molecule has 0 bridgehead atoms. The maximum Gasteiger partial charge on any atom is 0.137 e. The fourth-order valence-electron chi connectivity index (χ4n) is 1.25. The summed E-state index contributed by atoms with van der Waals surface area (Å²) in [4.78, 5) is 0. The average molecular weight is 271 g/mol. The van der Waals surface area contributed by atoms with E-state index in [9.17, 15) is 4.39 Å². The molecule has 0 spiro atoms. The summed E-state index contributed by atoms with van der Waals surface area (Å²) in [6.45, 7) is 1.76. The molecule has 4 heteroatoms. The van der Waals surface area contributed by atoms with Gasteiger partial charge in [0.15, 0.2) is 0 Å². The van der Waals surface area contributed by atoms with Crippen LogP contribution in [0.4, 0.5) is 4.39 Å². The molecule has 2 nitrogen and oxygen atoms in total. The molecule has 0 aliphatic rings. The van der Waals surface area contributed by atoms with Crippen molar-refractivity contribution in [1.82, 2.24) is 5.43 Å². The lowest BCUT2D eigenvalue weighted by Crippen LogP contribution is -2.28. The van der Waals surface area contributed by atoms with Crippen molar-refractivity contribution in [2.24, 2.45) is 5.84 Å². The lowest BCUT2D eigenvalue weighted by molar-refractivity contribution is 0.553. The van der Waals surface area contributed by atoms with E-state index in [2.05, 4.69) is 33.2 Å². The molecule has 0 fully saturated rings. The molecule has 1 atom stereocenters. The van der Waals surface area contributed by atoms with Gasteiger partial charge in [-0.2, -0.15) is 0 Å². The third-order valence-electron chi connectivity index (χ3n) is 2.04. The molecular formula is C11H12BrFN2. The van der Waals surface area contributed by atoms with Gasteiger partial charge in [0.05, 0.1) is 10.5 Å². The number of hydrogen-bond donors (Lipinski definition) is 2. The van der Waals surface area contributed by atoms with Crippen LogP contribution in [0.15, 0.2) is 22.7 Å². The molecule has 15 heavy (non-hydrogen) atoms. The smallest absolute Gasteiger partial charge is 0.137 e. The van der Waals surface area contributed by atoms with Crippen LogP contribution in [0.1, 0.15) is 24.9 Å². The van der Waals surface area contributed by atoms with Crippen LogP contribution in [0.3, 0.4) is 0 Å². The van der Waals surface area contributed by atoms with Gasteiger partial charge in [0.1, 0.15) is 5.82 Å². The zero-order valence-electron chi connectivity index (χ0n) is 8.35. The molecule has 0 aliphatic heterocycles. The Morgan fingerprint density at radius 2 is 2.33 bits per heavy atom. The Labute approximate surface area is 97.1 Å². The first-order valence-electron chi connectivity index (χ1n) is 4.50. The lowest BCUT2D eigenvalue weighted by Gasteiger charge is -2.15. The largest absolute Gasteiger partial charge is 0.271 e. The van der Waals surface area contributed by atoms with Crippen LogP contribution in [0.25, 0.3) is 0 Å². The van der Waals surface area contributed by atoms with Gasteiger partial charge in [0, 0.05) is 6.42 Å². The van der Waals surface area contributed by atoms with Gasteiger partial charge in [0.2, 0.25) is 0 Å². The number of hydrogen-bond acceptors (Lipinski definition) is 2. The zero-order valence-corrected chi connectivity index (χ0v) is 9.94. The summed E-state index contributed by atoms with van der Waals surface area (Å²) < 4.78 is 13.7. The molecule has 0 saturated heterocycles. The van der Waals surface area contributed by atoms with Gasteiger partial charge in [-0.25, -0.2) is 4.39 Å². The Morgan fingerprint density at radius 1 is 1.60 bits per heavy atom. The van der Waals surface area contributed by atoms with Crippen LogP contribution in [0, 0.1) is 17.7 Å². The van der Waals surface area contributed by atoms with Crippen LogP contribution in [-0.4, -0.2) is 0 Å². The molecule has 0 aliphatic carbocycles. The average Bonchev–Trinajstić information content (AvgIpc) is 2.25. The third kappa shape index (κ3) is 3.03. The SMILES string of the molecule is CC#CCC(NN)c1cccc(F)c1Br. The Hall–Kier alpha value is -0.890. The Kier molecular flexibility index (Phi) is 4.76. The van der Waals surface area contributed by atoms with E-state index in [4.69, 9.17) is 5.84 Å². The number of rotatable bonds is 3. The third-order valence-corrected chi connectivity index (χ3v) is 2.88. The fourth-order valence-corrected chi connectivity index (χ4v) is 1.79. The maximum absolute atomic E-state index is 13.2. The summed E-state index contributed by atoms with van der Waals surface area (Å²) in [5.74, 6) is 10.8. The first-order valence-corrected chi connectivity index (χ1v) is 5.29. The van der Waals surface area contributed by atoms with Gasteiger partial charge in [-0.3, -0.25) is 11.3 Å². The highest BCUT2D eigenvalue weighted by atomic mass is 79.9. The predicted molar refractivity (Wildman–Crippen MR) is 62.2 cm³/mol. The number of benzene rings is 1. The van der Waals surface area contributed by atoms with E-state index in [0.717, 1.165) is 5.56 Å². The Balaban J connectivity index is 2.99. The summed E-state index contributed by atoms with van der Waals surface area (Å²) in [7, 11) is 0. The van der Waals surface area contributed by atoms with Crippen LogP contribution >= 0.6 is 15.9 Å². The van der Waals surface area contributed by atoms with Gasteiger partial charge >= 0.3 is 0 Å². The predicted octanol–water partition coefficient (Wildman–Crippen LogP) is 2.51. The van der Waals surface area contributed by atoms with E-state index in [0.29, 0.717) is 10.9 Å². The van der Waals surface area contributed by atoms with Crippen molar-refractivity contribution in [3.63, 3.8) is 0 Å². The lowest BCUT2D eigenvalue weighted by atomic mass is 10.0. The monoisotopic (exact) mass is 270 g/mol. The summed E-state index contributed by atoms with van der Waals surface area (Å²) in [5, 5.41) is 0. The van der Waals surface area contributed by atoms with Crippen molar-refractivity contribution in [3.8, 4) is 11.8 Å². The second-order valence-corrected chi connectivity index (χ2v) is 3.79. The maximum atomic E-state index is 13.2. The highest BCUT2D eigenvalue weighted by Gasteiger charge is 2.13. The molecule has 1 rings (SSSR count). The summed E-state index contributed by atoms with van der Waals surface area (Å²) in [6, 6.07) is 4.70. The van der Waals surface area contributed by atoms with Crippen molar-refractivity contribution in [2.75, 3.05) is 0 Å². The van der Waals surface area contributed by atoms with E-state index in [1.54, 1.807) is 13.0 Å². The van der Waals surface area contributed by atoms with Gasteiger partial charge < -0.3 is 0 Å². The van der Waals surface area contributed by atoms with Crippen molar-refractivity contribution in [1.29, 1.82) is 0 Å². The van der Waals surface area contributed by atoms with E-state index < -0.39 is 0 Å². The number of hydrazine groups is 1. The van der Waals surface area contributed by atoms with Crippen LogP contribution in [-0.2, 0) is 0 Å². The van der Waals surface area contributed by atoms with Crippen molar-refractivity contribution >= 4 is 15.9 Å². The van der Waals surface area contributed by atoms with Crippen molar-refractivity contribution in [2.45, 2.75) is 19.4 Å². The second kappa shape index (κ2) is 5.86. The Morgan fingerprint density at radius 3 is 2.93 bits per heavy atom. The summed E-state index contributed by atoms with van der Waals surface area (Å²) in [6.07, 6.45) is 0.551. The van der Waals surface area contributed by atoms with Crippen molar-refractivity contribution < 1.29 is 4.39 Å². The molecule has 1 aromatic rings. The highest BCUT2D eigenvalue weighted by molar-refractivity contribution is 9.10. The first-order chi connectivity index (χ1) is 7.20. The number of halogens is 2. The normalized spacial score (nSPS) is 11.7. The summed E-state index contributed by atoms with van der Waals surface area (Å²) in [5.41, 5.74) is 3.40. The molecule has 1 aromatic carbocycles. The van der Waals surface area contributed by atoms with E-state index in [1.807, 2.05) is 6.07 Å². The summed E-state index contributed by atoms with van der Waals surface area (Å²) >= 11 is 3.19. The molecule has 80 valence electrons. The quantitative estimate of drug-likeness (QED) is 0.503. The van der Waals surface area contributed by atoms with Gasteiger partial charge in [-0.15, -0.1) is 11.8 Å². The molecular weight excluding hydrogens is 259 g/mol. The number of nitrogens with one attached hydrogen (secondary N) is 1. The molecule has 3 N–H and O–H groups in total. The van der Waals surface area contributed by atoms with Crippen LogP contribution < -0.4 is 11.3 Å². The fraction of sp³-hybridized carbons (Fsp3) is 0.273. The number of nitrogens with two attached hydrogens (primary N) is 1. The molecule has 0 saturated carbocycles. The highest BCUT2D eigenvalue weighted by Crippen LogP contribution is 2.27. The molecule has 0 aromatic heterocycles. The molecule has 0 heterocycles. The van der Waals surface area contributed by atoms with E-state index in [-0.39, 0.29) is 11.9 Å². The van der Waals surface area contributed by atoms with E-state index >= 15 is 0 Å². The topological polar surface area (TPSA) is 38.0 Å². The van der Waals surface area contributed by atoms with Crippen LogP contribution in [0.2, 0.25) is 0 Å². The second-order valence-electron chi connectivity index (χ2n) is 2.99. The van der Waals surface area contributed by atoms with Gasteiger partial charge in [-0.05, 0) is 34.5 Å². The zero-order chi connectivity index (χ0) is 11.3. The molecule has 0 amide bonds. The van der Waals surface area contributed by atoms with Gasteiger partial charge in [0.25, 0.3) is 0 Å². The minimum atomic E-state index is -0.294. The van der Waals surface area contributed by atoms with Crippen LogP contribution in [0.5, 0.6) is 0 Å². The Bertz CT molecular complexity index is 395. The molecule has 0 radical (unpaired) electrons. The molecule has 1 unspecified atom stereocenters. The van der Waals surface area contributed by atoms with Crippen molar-refractivity contribution in [3.05, 3.63) is 34.1 Å². The minimum Gasteiger partial charge on any atom is -0.271 e. The minimum absolute atomic E-state index is 0.164.